The quantitative estimate of drug-likeness (QED) is 0.849. The summed E-state index contributed by atoms with van der Waals surface area (Å²) in [6, 6.07) is 13.8. The highest BCUT2D eigenvalue weighted by atomic mass is 32.2. The summed E-state index contributed by atoms with van der Waals surface area (Å²) in [7, 11) is -3.56. The van der Waals surface area contributed by atoms with Crippen molar-refractivity contribution in [3.05, 3.63) is 54.1 Å². The number of nitrogens with one attached hydrogen (secondary N) is 1. The summed E-state index contributed by atoms with van der Waals surface area (Å²) in [6.45, 7) is 2.03. The summed E-state index contributed by atoms with van der Waals surface area (Å²) in [5.41, 5.74) is 1.58. The number of para-hydroxylation sites is 1. The summed E-state index contributed by atoms with van der Waals surface area (Å²) in [5, 5.41) is 0. The largest absolute Gasteiger partial charge is 0.279 e. The third-order valence-electron chi connectivity index (χ3n) is 2.79. The van der Waals surface area contributed by atoms with Crippen molar-refractivity contribution in [3.8, 4) is 0 Å². The first-order chi connectivity index (χ1) is 9.03. The number of hydrogen-bond donors (Lipinski definition) is 2. The Labute approximate surface area is 119 Å². The first-order valence-electron chi connectivity index (χ1n) is 5.92. The predicted octanol–water partition coefficient (Wildman–Crippen LogP) is 3.34. The lowest BCUT2D eigenvalue weighted by atomic mass is 10.2. The second-order valence-electron chi connectivity index (χ2n) is 4.12. The number of thiol groups is 1. The Balaban J connectivity index is 2.30. The number of benzene rings is 2. The fourth-order valence-corrected chi connectivity index (χ4v) is 3.04. The van der Waals surface area contributed by atoms with Crippen LogP contribution in [0.2, 0.25) is 0 Å². The lowest BCUT2D eigenvalue weighted by Gasteiger charge is -2.10. The van der Waals surface area contributed by atoms with Crippen molar-refractivity contribution in [3.63, 3.8) is 0 Å². The Kier molecular flexibility index (Phi) is 4.17. The maximum absolute atomic E-state index is 12.2. The smallest absolute Gasteiger partial charge is 0.261 e. The SMILES string of the molecule is CCc1ccc(S(=O)(=O)Nc2ccccc2S)cc1. The zero-order chi connectivity index (χ0) is 13.9. The van der Waals surface area contributed by atoms with Gasteiger partial charge in [-0.1, -0.05) is 31.2 Å². The van der Waals surface area contributed by atoms with Gasteiger partial charge in [0.15, 0.2) is 0 Å². The van der Waals surface area contributed by atoms with Gasteiger partial charge in [-0.2, -0.15) is 0 Å². The Morgan fingerprint density at radius 3 is 2.26 bits per heavy atom. The monoisotopic (exact) mass is 293 g/mol. The predicted molar refractivity (Wildman–Crippen MR) is 80.3 cm³/mol. The summed E-state index contributed by atoms with van der Waals surface area (Å²) < 4.78 is 27.0. The molecule has 0 aliphatic carbocycles. The van der Waals surface area contributed by atoms with Gasteiger partial charge in [0, 0.05) is 4.90 Å². The Morgan fingerprint density at radius 2 is 1.68 bits per heavy atom. The fourth-order valence-electron chi connectivity index (χ4n) is 1.67. The number of hydrogen-bond acceptors (Lipinski definition) is 3. The van der Waals surface area contributed by atoms with Gasteiger partial charge in [0.05, 0.1) is 10.6 Å². The van der Waals surface area contributed by atoms with Gasteiger partial charge in [-0.25, -0.2) is 8.42 Å². The van der Waals surface area contributed by atoms with Crippen LogP contribution in [0, 0.1) is 0 Å². The van der Waals surface area contributed by atoms with E-state index in [1.807, 2.05) is 19.1 Å². The molecule has 3 nitrogen and oxygen atoms in total. The minimum absolute atomic E-state index is 0.251. The van der Waals surface area contributed by atoms with Gasteiger partial charge >= 0.3 is 0 Å². The van der Waals surface area contributed by atoms with Crippen LogP contribution in [-0.2, 0) is 16.4 Å². The van der Waals surface area contributed by atoms with Crippen LogP contribution in [0.5, 0.6) is 0 Å². The van der Waals surface area contributed by atoms with Crippen LogP contribution in [0.25, 0.3) is 0 Å². The van der Waals surface area contributed by atoms with Crippen LogP contribution in [0.1, 0.15) is 12.5 Å². The molecule has 2 rings (SSSR count). The van der Waals surface area contributed by atoms with Crippen LogP contribution < -0.4 is 4.72 Å². The maximum Gasteiger partial charge on any atom is 0.261 e. The normalized spacial score (nSPS) is 11.3. The lowest BCUT2D eigenvalue weighted by Crippen LogP contribution is -2.13. The van der Waals surface area contributed by atoms with Crippen molar-refractivity contribution < 1.29 is 8.42 Å². The van der Waals surface area contributed by atoms with Crippen LogP contribution in [0.3, 0.4) is 0 Å². The van der Waals surface area contributed by atoms with E-state index in [2.05, 4.69) is 17.4 Å². The topological polar surface area (TPSA) is 46.2 Å². The van der Waals surface area contributed by atoms with Crippen molar-refractivity contribution in [1.82, 2.24) is 0 Å². The molecule has 19 heavy (non-hydrogen) atoms. The minimum Gasteiger partial charge on any atom is -0.279 e. The second-order valence-corrected chi connectivity index (χ2v) is 6.28. The molecule has 0 aliphatic rings. The summed E-state index contributed by atoms with van der Waals surface area (Å²) in [5.74, 6) is 0. The molecule has 2 aromatic carbocycles. The van der Waals surface area contributed by atoms with E-state index in [-0.39, 0.29) is 4.90 Å². The molecule has 0 saturated heterocycles. The van der Waals surface area contributed by atoms with Gasteiger partial charge in [-0.15, -0.1) is 12.6 Å². The number of anilines is 1. The first kappa shape index (κ1) is 14.0. The lowest BCUT2D eigenvalue weighted by molar-refractivity contribution is 0.601. The molecule has 0 saturated carbocycles. The molecular weight excluding hydrogens is 278 g/mol. The van der Waals surface area contributed by atoms with E-state index in [1.165, 1.54) is 0 Å². The summed E-state index contributed by atoms with van der Waals surface area (Å²) >= 11 is 4.23. The van der Waals surface area contributed by atoms with Crippen LogP contribution in [-0.4, -0.2) is 8.42 Å². The van der Waals surface area contributed by atoms with Gasteiger partial charge in [0.25, 0.3) is 10.0 Å². The molecule has 0 unspecified atom stereocenters. The summed E-state index contributed by atoms with van der Waals surface area (Å²) in [6.07, 6.45) is 0.882. The molecule has 5 heteroatoms. The van der Waals surface area contributed by atoms with Crippen molar-refractivity contribution in [2.45, 2.75) is 23.1 Å². The van der Waals surface area contributed by atoms with Crippen LogP contribution in [0.4, 0.5) is 5.69 Å². The zero-order valence-corrected chi connectivity index (χ0v) is 12.2. The van der Waals surface area contributed by atoms with E-state index < -0.39 is 10.0 Å². The maximum atomic E-state index is 12.2. The molecule has 0 aliphatic heterocycles. The van der Waals surface area contributed by atoms with Crippen LogP contribution >= 0.6 is 12.6 Å². The number of rotatable bonds is 4. The fraction of sp³-hybridized carbons (Fsp3) is 0.143. The summed E-state index contributed by atoms with van der Waals surface area (Å²) in [4.78, 5) is 0.845. The number of aryl methyl sites for hydroxylation is 1. The van der Waals surface area contributed by atoms with Crippen molar-refractivity contribution in [2.24, 2.45) is 0 Å². The van der Waals surface area contributed by atoms with Crippen molar-refractivity contribution in [1.29, 1.82) is 0 Å². The average Bonchev–Trinajstić information content (AvgIpc) is 2.41. The molecule has 0 heterocycles. The Morgan fingerprint density at radius 1 is 1.05 bits per heavy atom. The molecule has 0 spiro atoms. The van der Waals surface area contributed by atoms with Crippen molar-refractivity contribution >= 4 is 28.3 Å². The standard InChI is InChI=1S/C14H15NO2S2/c1-2-11-7-9-12(10-8-11)19(16,17)15-13-5-3-4-6-14(13)18/h3-10,15,18H,2H2,1H3. The zero-order valence-electron chi connectivity index (χ0n) is 10.5. The van der Waals surface area contributed by atoms with E-state index >= 15 is 0 Å². The van der Waals surface area contributed by atoms with Gasteiger partial charge in [0.1, 0.15) is 0 Å². The second kappa shape index (κ2) is 5.67. The molecule has 0 aromatic heterocycles. The van der Waals surface area contributed by atoms with Crippen molar-refractivity contribution in [2.75, 3.05) is 4.72 Å². The highest BCUT2D eigenvalue weighted by Crippen LogP contribution is 2.22. The average molecular weight is 293 g/mol. The first-order valence-corrected chi connectivity index (χ1v) is 7.85. The molecule has 1 N–H and O–H groups in total. The molecule has 0 bridgehead atoms. The van der Waals surface area contributed by atoms with Gasteiger partial charge in [-0.3, -0.25) is 4.72 Å². The van der Waals surface area contributed by atoms with E-state index in [1.54, 1.807) is 36.4 Å². The third kappa shape index (κ3) is 3.30. The number of sulfonamides is 1. The van der Waals surface area contributed by atoms with E-state index in [4.69, 9.17) is 0 Å². The Bertz CT molecular complexity index is 664. The highest BCUT2D eigenvalue weighted by Gasteiger charge is 2.14. The molecule has 0 fully saturated rings. The molecule has 2 aromatic rings. The molecule has 0 radical (unpaired) electrons. The molecule has 0 amide bonds. The van der Waals surface area contributed by atoms with Gasteiger partial charge in [-0.05, 0) is 36.2 Å². The molecule has 0 atom stereocenters. The third-order valence-corrected chi connectivity index (χ3v) is 4.56. The van der Waals surface area contributed by atoms with Gasteiger partial charge in [0.2, 0.25) is 0 Å². The highest BCUT2D eigenvalue weighted by molar-refractivity contribution is 7.92. The van der Waals surface area contributed by atoms with Gasteiger partial charge < -0.3 is 0 Å². The Hall–Kier alpha value is -1.46. The van der Waals surface area contributed by atoms with Crippen LogP contribution in [0.15, 0.2) is 58.3 Å². The molecular formula is C14H15NO2S2. The van der Waals surface area contributed by atoms with E-state index in [9.17, 15) is 8.42 Å². The van der Waals surface area contributed by atoms with E-state index in [0.29, 0.717) is 10.6 Å². The van der Waals surface area contributed by atoms with E-state index in [0.717, 1.165) is 12.0 Å². The molecule has 100 valence electrons. The minimum atomic E-state index is -3.56.